The largest absolute Gasteiger partial charge is 0.497 e. The van der Waals surface area contributed by atoms with Gasteiger partial charge in [-0.15, -0.1) is 0 Å². The fraction of sp³-hybridized carbons (Fsp3) is 0.381. The van der Waals surface area contributed by atoms with E-state index in [0.717, 1.165) is 30.0 Å². The molecule has 1 aliphatic rings. The summed E-state index contributed by atoms with van der Waals surface area (Å²) in [4.78, 5) is 14.9. The van der Waals surface area contributed by atoms with Crippen LogP contribution in [0.25, 0.3) is 0 Å². The van der Waals surface area contributed by atoms with E-state index in [1.165, 1.54) is 0 Å². The lowest BCUT2D eigenvalue weighted by atomic mass is 10.0. The van der Waals surface area contributed by atoms with Gasteiger partial charge in [-0.2, -0.15) is 0 Å². The van der Waals surface area contributed by atoms with Gasteiger partial charge in [-0.3, -0.25) is 9.69 Å². The first-order valence-electron chi connectivity index (χ1n) is 8.98. The van der Waals surface area contributed by atoms with Crippen molar-refractivity contribution in [1.29, 1.82) is 0 Å². The Morgan fingerprint density at radius 3 is 2.69 bits per heavy atom. The van der Waals surface area contributed by atoms with Gasteiger partial charge < -0.3 is 14.8 Å². The Bertz CT molecular complexity index is 742. The van der Waals surface area contributed by atoms with Crippen LogP contribution in [0.3, 0.4) is 0 Å². The quantitative estimate of drug-likeness (QED) is 0.867. The van der Waals surface area contributed by atoms with Crippen LogP contribution in [0.1, 0.15) is 27.5 Å². The van der Waals surface area contributed by atoms with Crippen molar-refractivity contribution in [1.82, 2.24) is 10.2 Å². The molecular formula is C21H26N2O3. The second-order valence-corrected chi connectivity index (χ2v) is 6.52. The third-order valence-electron chi connectivity index (χ3n) is 4.70. The Morgan fingerprint density at radius 2 is 1.96 bits per heavy atom. The summed E-state index contributed by atoms with van der Waals surface area (Å²) in [5, 5.41) is 3.10. The summed E-state index contributed by atoms with van der Waals surface area (Å²) in [5.74, 6) is 0.778. The van der Waals surface area contributed by atoms with Gasteiger partial charge in [0, 0.05) is 25.2 Å². The number of carbonyl (C=O) groups excluding carboxylic acids is 1. The minimum atomic E-state index is -0.0464. The Kier molecular flexibility index (Phi) is 6.26. The van der Waals surface area contributed by atoms with Gasteiger partial charge in [-0.25, -0.2) is 0 Å². The molecule has 2 aromatic carbocycles. The van der Waals surface area contributed by atoms with Gasteiger partial charge in [0.2, 0.25) is 0 Å². The summed E-state index contributed by atoms with van der Waals surface area (Å²) in [6.07, 6.45) is 0. The zero-order valence-corrected chi connectivity index (χ0v) is 15.4. The van der Waals surface area contributed by atoms with E-state index < -0.39 is 0 Å². The predicted molar refractivity (Wildman–Crippen MR) is 102 cm³/mol. The molecule has 0 aliphatic carbocycles. The first-order chi connectivity index (χ1) is 12.7. The van der Waals surface area contributed by atoms with Crippen LogP contribution in [0.5, 0.6) is 5.75 Å². The molecule has 1 aliphatic heterocycles. The van der Waals surface area contributed by atoms with E-state index in [1.807, 2.05) is 49.4 Å². The number of hydrogen-bond acceptors (Lipinski definition) is 4. The zero-order valence-electron chi connectivity index (χ0n) is 15.4. The van der Waals surface area contributed by atoms with Crippen molar-refractivity contribution in [3.63, 3.8) is 0 Å². The minimum absolute atomic E-state index is 0.0464. The fourth-order valence-electron chi connectivity index (χ4n) is 3.27. The number of ether oxygens (including phenoxy) is 2. The summed E-state index contributed by atoms with van der Waals surface area (Å²) >= 11 is 0. The molecule has 138 valence electrons. The second kappa shape index (κ2) is 8.83. The molecule has 0 saturated carbocycles. The van der Waals surface area contributed by atoms with Crippen molar-refractivity contribution >= 4 is 5.91 Å². The maximum Gasteiger partial charge on any atom is 0.251 e. The number of aryl methyl sites for hydroxylation is 1. The Balaban J connectivity index is 1.75. The number of nitrogens with one attached hydrogen (secondary N) is 1. The molecule has 1 heterocycles. The van der Waals surface area contributed by atoms with E-state index in [2.05, 4.69) is 16.3 Å². The van der Waals surface area contributed by atoms with Gasteiger partial charge in [0.15, 0.2) is 0 Å². The van der Waals surface area contributed by atoms with Gasteiger partial charge in [0.1, 0.15) is 5.75 Å². The molecule has 1 saturated heterocycles. The lowest BCUT2D eigenvalue weighted by molar-refractivity contribution is 0.0162. The number of rotatable bonds is 6. The van der Waals surface area contributed by atoms with Crippen LogP contribution in [0.15, 0.2) is 48.5 Å². The van der Waals surface area contributed by atoms with E-state index in [-0.39, 0.29) is 11.9 Å². The van der Waals surface area contributed by atoms with Crippen LogP contribution in [-0.2, 0) is 4.74 Å². The van der Waals surface area contributed by atoms with Crippen molar-refractivity contribution in [2.75, 3.05) is 40.0 Å². The number of nitrogens with zero attached hydrogens (tertiary/aromatic N) is 1. The van der Waals surface area contributed by atoms with Crippen molar-refractivity contribution in [2.24, 2.45) is 0 Å². The van der Waals surface area contributed by atoms with Crippen LogP contribution in [0.4, 0.5) is 0 Å². The highest BCUT2D eigenvalue weighted by Crippen LogP contribution is 2.25. The lowest BCUT2D eigenvalue weighted by Crippen LogP contribution is -2.43. The summed E-state index contributed by atoms with van der Waals surface area (Å²) in [6.45, 7) is 5.66. The zero-order chi connectivity index (χ0) is 18.4. The lowest BCUT2D eigenvalue weighted by Gasteiger charge is -2.35. The molecule has 5 nitrogen and oxygen atoms in total. The van der Waals surface area contributed by atoms with Crippen LogP contribution in [0.2, 0.25) is 0 Å². The molecule has 5 heteroatoms. The maximum absolute atomic E-state index is 12.6. The van der Waals surface area contributed by atoms with E-state index in [4.69, 9.17) is 9.47 Å². The molecule has 1 amide bonds. The molecule has 1 fully saturated rings. The van der Waals surface area contributed by atoms with Crippen molar-refractivity contribution in [3.8, 4) is 5.75 Å². The fourth-order valence-corrected chi connectivity index (χ4v) is 3.27. The number of benzene rings is 2. The van der Waals surface area contributed by atoms with Gasteiger partial charge in [0.25, 0.3) is 5.91 Å². The first kappa shape index (κ1) is 18.4. The summed E-state index contributed by atoms with van der Waals surface area (Å²) < 4.78 is 10.9. The molecule has 2 aromatic rings. The van der Waals surface area contributed by atoms with Crippen LogP contribution in [-0.4, -0.2) is 50.8 Å². The summed E-state index contributed by atoms with van der Waals surface area (Å²) in [7, 11) is 1.67. The Morgan fingerprint density at radius 1 is 1.19 bits per heavy atom. The van der Waals surface area contributed by atoms with Crippen LogP contribution >= 0.6 is 0 Å². The van der Waals surface area contributed by atoms with E-state index in [9.17, 15) is 4.79 Å². The van der Waals surface area contributed by atoms with Crippen LogP contribution in [0, 0.1) is 6.92 Å². The number of morpholine rings is 1. The van der Waals surface area contributed by atoms with Crippen LogP contribution < -0.4 is 10.1 Å². The first-order valence-corrected chi connectivity index (χ1v) is 8.98. The second-order valence-electron chi connectivity index (χ2n) is 6.52. The standard InChI is InChI=1S/C21H26N2O3/c1-16-5-3-7-18(13-16)21(24)22-15-20(23-9-11-26-12-10-23)17-6-4-8-19(14-17)25-2/h3-8,13-14,20H,9-12,15H2,1-2H3,(H,22,24)/t20-/m1/s1. The SMILES string of the molecule is COc1cccc([C@@H](CNC(=O)c2cccc(C)c2)N2CCOCC2)c1. The summed E-state index contributed by atoms with van der Waals surface area (Å²) in [5.41, 5.74) is 2.90. The van der Waals surface area contributed by atoms with Gasteiger partial charge >= 0.3 is 0 Å². The maximum atomic E-state index is 12.6. The minimum Gasteiger partial charge on any atom is -0.497 e. The number of hydrogen-bond donors (Lipinski definition) is 1. The van der Waals surface area contributed by atoms with Gasteiger partial charge in [0.05, 0.1) is 26.4 Å². The number of methoxy groups -OCH3 is 1. The van der Waals surface area contributed by atoms with E-state index in [0.29, 0.717) is 25.3 Å². The summed E-state index contributed by atoms with van der Waals surface area (Å²) in [6, 6.07) is 15.8. The topological polar surface area (TPSA) is 50.8 Å². The average molecular weight is 354 g/mol. The average Bonchev–Trinajstić information content (AvgIpc) is 2.69. The van der Waals surface area contributed by atoms with Crippen molar-refractivity contribution < 1.29 is 14.3 Å². The Hall–Kier alpha value is -2.37. The number of amides is 1. The third-order valence-corrected chi connectivity index (χ3v) is 4.70. The highest BCUT2D eigenvalue weighted by atomic mass is 16.5. The van der Waals surface area contributed by atoms with E-state index in [1.54, 1.807) is 7.11 Å². The monoisotopic (exact) mass is 354 g/mol. The predicted octanol–water partition coefficient (Wildman–Crippen LogP) is 2.81. The van der Waals surface area contributed by atoms with E-state index >= 15 is 0 Å². The van der Waals surface area contributed by atoms with Crippen molar-refractivity contribution in [3.05, 3.63) is 65.2 Å². The molecule has 26 heavy (non-hydrogen) atoms. The molecular weight excluding hydrogens is 328 g/mol. The highest BCUT2D eigenvalue weighted by molar-refractivity contribution is 5.94. The van der Waals surface area contributed by atoms with Gasteiger partial charge in [-0.05, 0) is 36.8 Å². The molecule has 0 radical (unpaired) electrons. The smallest absolute Gasteiger partial charge is 0.251 e. The Labute approximate surface area is 154 Å². The number of carbonyl (C=O) groups is 1. The molecule has 0 unspecified atom stereocenters. The molecule has 0 spiro atoms. The molecule has 0 aromatic heterocycles. The van der Waals surface area contributed by atoms with Crippen molar-refractivity contribution in [2.45, 2.75) is 13.0 Å². The highest BCUT2D eigenvalue weighted by Gasteiger charge is 2.23. The molecule has 1 N–H and O–H groups in total. The normalized spacial score (nSPS) is 16.1. The molecule has 1 atom stereocenters. The molecule has 0 bridgehead atoms. The van der Waals surface area contributed by atoms with Gasteiger partial charge in [-0.1, -0.05) is 29.8 Å². The third kappa shape index (κ3) is 4.62. The molecule has 3 rings (SSSR count).